The van der Waals surface area contributed by atoms with Crippen molar-refractivity contribution in [2.45, 2.75) is 19.8 Å². The van der Waals surface area contributed by atoms with Gasteiger partial charge in [-0.15, -0.1) is 0 Å². The molecule has 0 aliphatic rings. The van der Waals surface area contributed by atoms with E-state index in [1.807, 2.05) is 6.92 Å². The number of aromatic amines is 1. The molecule has 0 bridgehead atoms. The minimum absolute atomic E-state index is 0.0209. The molecule has 0 amide bonds. The maximum absolute atomic E-state index is 14.9. The van der Waals surface area contributed by atoms with E-state index in [-0.39, 0.29) is 11.3 Å². The molecule has 2 aromatic heterocycles. The monoisotopic (exact) mass is 471 g/mol. The second-order valence-corrected chi connectivity index (χ2v) is 8.90. The number of carbonyl (C=O) groups is 1. The average molecular weight is 472 g/mol. The van der Waals surface area contributed by atoms with Crippen molar-refractivity contribution in [3.63, 3.8) is 0 Å². The zero-order valence-corrected chi connectivity index (χ0v) is 17.1. The number of ketones is 1. The summed E-state index contributed by atoms with van der Waals surface area (Å²) >= 11 is 3.24. The van der Waals surface area contributed by atoms with Gasteiger partial charge in [0.2, 0.25) is 15.8 Å². The van der Waals surface area contributed by atoms with Crippen molar-refractivity contribution in [3.8, 4) is 0 Å². The molecule has 0 aliphatic heterocycles. The van der Waals surface area contributed by atoms with Gasteiger partial charge in [-0.3, -0.25) is 9.52 Å². The fraction of sp³-hybridized carbons (Fsp3) is 0.222. The minimum atomic E-state index is -3.81. The van der Waals surface area contributed by atoms with E-state index in [0.29, 0.717) is 28.3 Å². The molecule has 10 heteroatoms. The Kier molecular flexibility index (Phi) is 5.80. The standard InChI is InChI=1S/C18H16BrF2N3O3S/c1-2-3-6-28(26,27)24-14-5-4-13(20)15(16(14)21)17(25)12-9-23-18-11(12)7-10(19)8-22-18/h4-5,7-9,24H,2-3,6H2,1H3,(H,22,23). The van der Waals surface area contributed by atoms with Crippen LogP contribution in [0.1, 0.15) is 35.7 Å². The predicted octanol–water partition coefficient (Wildman–Crippen LogP) is 4.38. The topological polar surface area (TPSA) is 91.9 Å². The van der Waals surface area contributed by atoms with Gasteiger partial charge < -0.3 is 4.98 Å². The third kappa shape index (κ3) is 4.07. The third-order valence-electron chi connectivity index (χ3n) is 4.09. The summed E-state index contributed by atoms with van der Waals surface area (Å²) in [5.74, 6) is -3.47. The Morgan fingerprint density at radius 2 is 2.07 bits per heavy atom. The Morgan fingerprint density at radius 3 is 2.79 bits per heavy atom. The van der Waals surface area contributed by atoms with Gasteiger partial charge in [-0.05, 0) is 40.5 Å². The van der Waals surface area contributed by atoms with Gasteiger partial charge in [0, 0.05) is 27.8 Å². The number of benzene rings is 1. The first-order valence-electron chi connectivity index (χ1n) is 8.39. The molecule has 0 aliphatic carbocycles. The van der Waals surface area contributed by atoms with Gasteiger partial charge in [0.05, 0.1) is 17.0 Å². The Hall–Kier alpha value is -2.33. The number of hydrogen-bond acceptors (Lipinski definition) is 4. The summed E-state index contributed by atoms with van der Waals surface area (Å²) in [6.07, 6.45) is 3.85. The van der Waals surface area contributed by atoms with Gasteiger partial charge in [0.1, 0.15) is 11.5 Å². The molecule has 0 spiro atoms. The van der Waals surface area contributed by atoms with Crippen LogP contribution in [-0.2, 0) is 10.0 Å². The van der Waals surface area contributed by atoms with Crippen molar-refractivity contribution < 1.29 is 22.0 Å². The number of nitrogens with one attached hydrogen (secondary N) is 2. The zero-order chi connectivity index (χ0) is 20.5. The van der Waals surface area contributed by atoms with Crippen molar-refractivity contribution in [2.75, 3.05) is 10.5 Å². The van der Waals surface area contributed by atoms with Crippen molar-refractivity contribution in [2.24, 2.45) is 0 Å². The van der Waals surface area contributed by atoms with Crippen LogP contribution in [-0.4, -0.2) is 29.9 Å². The van der Waals surface area contributed by atoms with Crippen LogP contribution in [0, 0.1) is 11.6 Å². The Labute approximate surface area is 168 Å². The Bertz CT molecular complexity index is 1160. The molecule has 3 aromatic rings. The highest BCUT2D eigenvalue weighted by molar-refractivity contribution is 9.10. The summed E-state index contributed by atoms with van der Waals surface area (Å²) in [7, 11) is -3.81. The second kappa shape index (κ2) is 7.96. The van der Waals surface area contributed by atoms with E-state index < -0.39 is 38.7 Å². The molecule has 148 valence electrons. The van der Waals surface area contributed by atoms with Crippen LogP contribution in [0.15, 0.2) is 35.1 Å². The summed E-state index contributed by atoms with van der Waals surface area (Å²) in [4.78, 5) is 19.7. The van der Waals surface area contributed by atoms with Crippen molar-refractivity contribution in [3.05, 3.63) is 57.8 Å². The molecule has 0 fully saturated rings. The number of anilines is 1. The maximum Gasteiger partial charge on any atom is 0.232 e. The number of nitrogens with zero attached hydrogens (tertiary/aromatic N) is 1. The lowest BCUT2D eigenvalue weighted by molar-refractivity contribution is 0.103. The lowest BCUT2D eigenvalue weighted by Crippen LogP contribution is -2.19. The highest BCUT2D eigenvalue weighted by atomic mass is 79.9. The highest BCUT2D eigenvalue weighted by Crippen LogP contribution is 2.28. The summed E-state index contributed by atoms with van der Waals surface area (Å²) < 4.78 is 56.0. The largest absolute Gasteiger partial charge is 0.345 e. The lowest BCUT2D eigenvalue weighted by Gasteiger charge is -2.11. The molecule has 2 heterocycles. The van der Waals surface area contributed by atoms with Crippen molar-refractivity contribution in [1.82, 2.24) is 9.97 Å². The molecule has 0 radical (unpaired) electrons. The Balaban J connectivity index is 2.04. The van der Waals surface area contributed by atoms with E-state index in [1.54, 1.807) is 6.07 Å². The van der Waals surface area contributed by atoms with Gasteiger partial charge in [0.15, 0.2) is 5.82 Å². The SMILES string of the molecule is CCCCS(=O)(=O)Nc1ccc(F)c(C(=O)c2c[nH]c3ncc(Br)cc23)c1F. The molecule has 2 N–H and O–H groups in total. The quantitative estimate of drug-likeness (QED) is 0.500. The molecule has 0 atom stereocenters. The van der Waals surface area contributed by atoms with Crippen LogP contribution < -0.4 is 4.72 Å². The van der Waals surface area contributed by atoms with Crippen molar-refractivity contribution in [1.29, 1.82) is 0 Å². The lowest BCUT2D eigenvalue weighted by atomic mass is 10.0. The van der Waals surface area contributed by atoms with Crippen molar-refractivity contribution >= 4 is 48.5 Å². The zero-order valence-electron chi connectivity index (χ0n) is 14.7. The number of aromatic nitrogens is 2. The van der Waals surface area contributed by atoms with Crippen LogP contribution >= 0.6 is 15.9 Å². The number of fused-ring (bicyclic) bond motifs is 1. The average Bonchev–Trinajstić information content (AvgIpc) is 3.05. The third-order valence-corrected chi connectivity index (χ3v) is 5.88. The molecule has 28 heavy (non-hydrogen) atoms. The predicted molar refractivity (Wildman–Crippen MR) is 106 cm³/mol. The summed E-state index contributed by atoms with van der Waals surface area (Å²) in [6, 6.07) is 3.41. The summed E-state index contributed by atoms with van der Waals surface area (Å²) in [6.45, 7) is 1.82. The summed E-state index contributed by atoms with van der Waals surface area (Å²) in [5.41, 5.74) is -0.909. The molecule has 3 rings (SSSR count). The fourth-order valence-electron chi connectivity index (χ4n) is 2.69. The number of rotatable bonds is 7. The van der Waals surface area contributed by atoms with E-state index in [0.717, 1.165) is 12.1 Å². The van der Waals surface area contributed by atoms with Gasteiger partial charge >= 0.3 is 0 Å². The van der Waals surface area contributed by atoms with Crippen LogP contribution in [0.4, 0.5) is 14.5 Å². The van der Waals surface area contributed by atoms with Crippen LogP contribution in [0.2, 0.25) is 0 Å². The number of H-pyrrole nitrogens is 1. The number of halogens is 3. The van der Waals surface area contributed by atoms with E-state index in [1.165, 1.54) is 12.4 Å². The smallest absolute Gasteiger partial charge is 0.232 e. The number of pyridine rings is 1. The van der Waals surface area contributed by atoms with Crippen LogP contribution in [0.5, 0.6) is 0 Å². The Morgan fingerprint density at radius 1 is 1.32 bits per heavy atom. The molecule has 0 unspecified atom stereocenters. The second-order valence-electron chi connectivity index (χ2n) is 6.14. The number of unbranched alkanes of at least 4 members (excludes halogenated alkanes) is 1. The van der Waals surface area contributed by atoms with Crippen LogP contribution in [0.3, 0.4) is 0 Å². The van der Waals surface area contributed by atoms with Gasteiger partial charge in [-0.2, -0.15) is 0 Å². The number of hydrogen-bond donors (Lipinski definition) is 2. The minimum Gasteiger partial charge on any atom is -0.345 e. The molecular weight excluding hydrogens is 456 g/mol. The number of carbonyl (C=O) groups excluding carboxylic acids is 1. The number of sulfonamides is 1. The van der Waals surface area contributed by atoms with E-state index in [2.05, 4.69) is 30.6 Å². The molecule has 6 nitrogen and oxygen atoms in total. The van der Waals surface area contributed by atoms with E-state index in [9.17, 15) is 22.0 Å². The van der Waals surface area contributed by atoms with Gasteiger partial charge in [-0.25, -0.2) is 22.2 Å². The molecule has 1 aromatic carbocycles. The first kappa shape index (κ1) is 20.4. The maximum atomic E-state index is 14.9. The van der Waals surface area contributed by atoms with E-state index in [4.69, 9.17) is 0 Å². The first-order chi connectivity index (χ1) is 13.2. The van der Waals surface area contributed by atoms with Crippen LogP contribution in [0.25, 0.3) is 11.0 Å². The fourth-order valence-corrected chi connectivity index (χ4v) is 4.29. The normalized spacial score (nSPS) is 11.7. The first-order valence-corrected chi connectivity index (χ1v) is 10.8. The summed E-state index contributed by atoms with van der Waals surface area (Å²) in [5, 5.41) is 0.382. The molecule has 0 saturated heterocycles. The van der Waals surface area contributed by atoms with Gasteiger partial charge in [0.25, 0.3) is 0 Å². The molecular formula is C18H16BrF2N3O3S. The highest BCUT2D eigenvalue weighted by Gasteiger charge is 2.25. The molecule has 0 saturated carbocycles. The van der Waals surface area contributed by atoms with E-state index >= 15 is 0 Å². The van der Waals surface area contributed by atoms with Gasteiger partial charge in [-0.1, -0.05) is 13.3 Å².